The Morgan fingerprint density at radius 1 is 1.07 bits per heavy atom. The molecule has 2 aromatic rings. The SMILES string of the molecule is O=S(=O)(c1ccc(Cl)cc1F)N1CCN(Cc2ccc3c(c2)CCO3)CC1. The highest BCUT2D eigenvalue weighted by atomic mass is 35.5. The average Bonchev–Trinajstić information content (AvgIpc) is 3.09. The Morgan fingerprint density at radius 3 is 2.59 bits per heavy atom. The van der Waals surface area contributed by atoms with E-state index in [2.05, 4.69) is 17.0 Å². The van der Waals surface area contributed by atoms with E-state index in [1.807, 2.05) is 6.07 Å². The molecule has 0 radical (unpaired) electrons. The minimum absolute atomic E-state index is 0.177. The molecule has 0 amide bonds. The van der Waals surface area contributed by atoms with Crippen molar-refractivity contribution in [3.63, 3.8) is 0 Å². The molecule has 0 N–H and O–H groups in total. The van der Waals surface area contributed by atoms with Gasteiger partial charge in [0.15, 0.2) is 0 Å². The lowest BCUT2D eigenvalue weighted by atomic mass is 10.1. The van der Waals surface area contributed by atoms with Gasteiger partial charge in [-0.25, -0.2) is 12.8 Å². The molecule has 8 heteroatoms. The third-order valence-electron chi connectivity index (χ3n) is 5.00. The summed E-state index contributed by atoms with van der Waals surface area (Å²) >= 11 is 5.72. The summed E-state index contributed by atoms with van der Waals surface area (Å²) in [4.78, 5) is 1.89. The molecule has 0 spiro atoms. The predicted octanol–water partition coefficient (Wildman–Crippen LogP) is 2.92. The third-order valence-corrected chi connectivity index (χ3v) is 7.17. The summed E-state index contributed by atoms with van der Waals surface area (Å²) in [6, 6.07) is 9.87. The van der Waals surface area contributed by atoms with Crippen LogP contribution in [0.15, 0.2) is 41.3 Å². The molecular weight excluding hydrogens is 391 g/mol. The van der Waals surface area contributed by atoms with E-state index < -0.39 is 15.8 Å². The van der Waals surface area contributed by atoms with Crippen LogP contribution in [0.3, 0.4) is 0 Å². The van der Waals surface area contributed by atoms with E-state index in [4.69, 9.17) is 16.3 Å². The Morgan fingerprint density at radius 2 is 1.85 bits per heavy atom. The number of halogens is 2. The van der Waals surface area contributed by atoms with Gasteiger partial charge in [-0.1, -0.05) is 23.7 Å². The number of fused-ring (bicyclic) bond motifs is 1. The molecule has 4 rings (SSSR count). The van der Waals surface area contributed by atoms with E-state index in [1.54, 1.807) is 0 Å². The number of benzene rings is 2. The molecule has 0 aliphatic carbocycles. The van der Waals surface area contributed by atoms with E-state index in [-0.39, 0.29) is 9.92 Å². The van der Waals surface area contributed by atoms with E-state index in [1.165, 1.54) is 27.6 Å². The summed E-state index contributed by atoms with van der Waals surface area (Å²) < 4.78 is 46.4. The summed E-state index contributed by atoms with van der Waals surface area (Å²) in [5, 5.41) is 0.177. The van der Waals surface area contributed by atoms with Crippen LogP contribution < -0.4 is 4.74 Å². The lowest BCUT2D eigenvalue weighted by Crippen LogP contribution is -2.48. The number of piperazine rings is 1. The van der Waals surface area contributed by atoms with Gasteiger partial charge < -0.3 is 4.74 Å². The number of hydrogen-bond acceptors (Lipinski definition) is 4. The molecule has 2 aliphatic heterocycles. The van der Waals surface area contributed by atoms with Crippen molar-refractivity contribution < 1.29 is 17.5 Å². The van der Waals surface area contributed by atoms with Crippen molar-refractivity contribution in [3.8, 4) is 5.75 Å². The fraction of sp³-hybridized carbons (Fsp3) is 0.368. The molecular formula is C19H20ClFN2O3S. The van der Waals surface area contributed by atoms with Crippen LogP contribution in [-0.2, 0) is 23.0 Å². The van der Waals surface area contributed by atoms with Crippen LogP contribution in [0.25, 0.3) is 0 Å². The first kappa shape index (κ1) is 18.7. The fourth-order valence-electron chi connectivity index (χ4n) is 3.55. The number of ether oxygens (including phenoxy) is 1. The van der Waals surface area contributed by atoms with Crippen molar-refractivity contribution in [1.29, 1.82) is 0 Å². The molecule has 0 saturated carbocycles. The van der Waals surface area contributed by atoms with Crippen LogP contribution in [0.4, 0.5) is 4.39 Å². The van der Waals surface area contributed by atoms with Crippen LogP contribution in [0.5, 0.6) is 5.75 Å². The molecule has 2 aromatic carbocycles. The van der Waals surface area contributed by atoms with Gasteiger partial charge in [0.05, 0.1) is 6.61 Å². The van der Waals surface area contributed by atoms with Gasteiger partial charge in [0.2, 0.25) is 10.0 Å². The molecule has 27 heavy (non-hydrogen) atoms. The van der Waals surface area contributed by atoms with Crippen LogP contribution in [-0.4, -0.2) is 50.4 Å². The van der Waals surface area contributed by atoms with Crippen LogP contribution in [0, 0.1) is 5.82 Å². The second-order valence-corrected chi connectivity index (χ2v) is 9.14. The van der Waals surface area contributed by atoms with Crippen LogP contribution >= 0.6 is 11.6 Å². The Kier molecular flexibility index (Phi) is 5.11. The van der Waals surface area contributed by atoms with Crippen LogP contribution in [0.1, 0.15) is 11.1 Å². The molecule has 2 heterocycles. The zero-order valence-electron chi connectivity index (χ0n) is 14.7. The predicted molar refractivity (Wildman–Crippen MR) is 101 cm³/mol. The summed E-state index contributed by atoms with van der Waals surface area (Å²) in [6.45, 7) is 3.36. The van der Waals surface area contributed by atoms with Gasteiger partial charge >= 0.3 is 0 Å². The van der Waals surface area contributed by atoms with Gasteiger partial charge in [-0.3, -0.25) is 4.90 Å². The smallest absolute Gasteiger partial charge is 0.246 e. The minimum atomic E-state index is -3.86. The first-order valence-corrected chi connectivity index (χ1v) is 10.7. The van der Waals surface area contributed by atoms with Gasteiger partial charge in [-0.05, 0) is 35.4 Å². The average molecular weight is 411 g/mol. The maximum absolute atomic E-state index is 14.1. The van der Waals surface area contributed by atoms with Crippen LogP contribution in [0.2, 0.25) is 5.02 Å². The topological polar surface area (TPSA) is 49.9 Å². The minimum Gasteiger partial charge on any atom is -0.493 e. The summed E-state index contributed by atoms with van der Waals surface area (Å²) in [7, 11) is -3.86. The second kappa shape index (κ2) is 7.39. The Balaban J connectivity index is 1.41. The summed E-state index contributed by atoms with van der Waals surface area (Å²) in [5.74, 6) is 0.143. The van der Waals surface area contributed by atoms with Crippen molar-refractivity contribution in [2.45, 2.75) is 17.9 Å². The Hall–Kier alpha value is -1.67. The number of hydrogen-bond donors (Lipinski definition) is 0. The normalized spacial score (nSPS) is 18.3. The zero-order chi connectivity index (χ0) is 19.0. The molecule has 0 bridgehead atoms. The number of sulfonamides is 1. The van der Waals surface area contributed by atoms with E-state index in [0.29, 0.717) is 26.2 Å². The summed E-state index contributed by atoms with van der Waals surface area (Å²) in [6.07, 6.45) is 0.932. The lowest BCUT2D eigenvalue weighted by molar-refractivity contribution is 0.181. The van der Waals surface area contributed by atoms with E-state index >= 15 is 0 Å². The fourth-order valence-corrected chi connectivity index (χ4v) is 5.17. The largest absolute Gasteiger partial charge is 0.493 e. The molecule has 5 nitrogen and oxygen atoms in total. The van der Waals surface area contributed by atoms with E-state index in [9.17, 15) is 12.8 Å². The molecule has 0 unspecified atom stereocenters. The first-order valence-electron chi connectivity index (χ1n) is 8.86. The van der Waals surface area contributed by atoms with Crippen molar-refractivity contribution in [2.75, 3.05) is 32.8 Å². The van der Waals surface area contributed by atoms with Gasteiger partial charge in [0, 0.05) is 44.2 Å². The highest BCUT2D eigenvalue weighted by molar-refractivity contribution is 7.89. The molecule has 0 aromatic heterocycles. The number of rotatable bonds is 4. The molecule has 0 atom stereocenters. The first-order chi connectivity index (χ1) is 12.9. The van der Waals surface area contributed by atoms with Gasteiger partial charge in [0.25, 0.3) is 0 Å². The van der Waals surface area contributed by atoms with Gasteiger partial charge in [0.1, 0.15) is 16.5 Å². The van der Waals surface area contributed by atoms with Crippen molar-refractivity contribution in [2.24, 2.45) is 0 Å². The Bertz CT molecular complexity index is 959. The maximum Gasteiger partial charge on any atom is 0.246 e. The highest BCUT2D eigenvalue weighted by Crippen LogP contribution is 2.27. The number of nitrogens with zero attached hydrogens (tertiary/aromatic N) is 2. The molecule has 1 saturated heterocycles. The van der Waals surface area contributed by atoms with Crippen molar-refractivity contribution >= 4 is 21.6 Å². The maximum atomic E-state index is 14.1. The quantitative estimate of drug-likeness (QED) is 0.777. The molecule has 1 fully saturated rings. The zero-order valence-corrected chi connectivity index (χ0v) is 16.3. The molecule has 2 aliphatic rings. The Labute approximate surface area is 163 Å². The standard InChI is InChI=1S/C19H20ClFN2O3S/c20-16-2-4-19(17(21)12-16)27(24,25)23-8-6-22(7-9-23)13-14-1-3-18-15(11-14)5-10-26-18/h1-4,11-12H,5-10,13H2. The third kappa shape index (κ3) is 3.82. The molecule has 144 valence electrons. The van der Waals surface area contributed by atoms with Crippen molar-refractivity contribution in [1.82, 2.24) is 9.21 Å². The van der Waals surface area contributed by atoms with Gasteiger partial charge in [-0.2, -0.15) is 4.31 Å². The monoisotopic (exact) mass is 410 g/mol. The second-order valence-electron chi connectivity index (χ2n) is 6.80. The van der Waals surface area contributed by atoms with Gasteiger partial charge in [-0.15, -0.1) is 0 Å². The van der Waals surface area contributed by atoms with E-state index in [0.717, 1.165) is 31.4 Å². The van der Waals surface area contributed by atoms with Crippen molar-refractivity contribution in [3.05, 3.63) is 58.4 Å². The summed E-state index contributed by atoms with van der Waals surface area (Å²) in [5.41, 5.74) is 2.42. The lowest BCUT2D eigenvalue weighted by Gasteiger charge is -2.34. The highest BCUT2D eigenvalue weighted by Gasteiger charge is 2.30.